The highest BCUT2D eigenvalue weighted by atomic mass is 32.1. The molecule has 0 fully saturated rings. The van der Waals surface area contributed by atoms with Gasteiger partial charge in [-0.2, -0.15) is 0 Å². The molecule has 27 heavy (non-hydrogen) atoms. The van der Waals surface area contributed by atoms with E-state index in [-0.39, 0.29) is 18.3 Å². The summed E-state index contributed by atoms with van der Waals surface area (Å²) in [6, 6.07) is 16.8. The van der Waals surface area contributed by atoms with E-state index in [2.05, 4.69) is 4.98 Å². The monoisotopic (exact) mass is 380 g/mol. The van der Waals surface area contributed by atoms with Crippen molar-refractivity contribution in [3.8, 4) is 16.3 Å². The average Bonchev–Trinajstić information content (AvgIpc) is 3.08. The van der Waals surface area contributed by atoms with Crippen LogP contribution in [0.1, 0.15) is 22.3 Å². The maximum absolute atomic E-state index is 12.3. The van der Waals surface area contributed by atoms with E-state index in [0.717, 1.165) is 22.0 Å². The lowest BCUT2D eigenvalue weighted by Crippen LogP contribution is -2.31. The highest BCUT2D eigenvalue weighted by Gasteiger charge is 2.14. The second kappa shape index (κ2) is 8.14. The molecule has 0 saturated heterocycles. The minimum absolute atomic E-state index is 0.0252. The van der Waals surface area contributed by atoms with Gasteiger partial charge in [-0.15, -0.1) is 11.3 Å². The smallest absolute Gasteiger partial charge is 0.264 e. The molecular formula is C21H20N2O3S. The fourth-order valence-corrected chi connectivity index (χ4v) is 3.54. The summed E-state index contributed by atoms with van der Waals surface area (Å²) in [6.07, 6.45) is 0. The molecule has 1 heterocycles. The lowest BCUT2D eigenvalue weighted by Gasteiger charge is -2.17. The zero-order chi connectivity index (χ0) is 19.4. The normalized spacial score (nSPS) is 10.5. The number of ether oxygens (including phenoxy) is 1. The molecular weight excluding hydrogens is 360 g/mol. The Morgan fingerprint density at radius 1 is 1.07 bits per heavy atom. The van der Waals surface area contributed by atoms with Gasteiger partial charge in [-0.3, -0.25) is 9.59 Å². The number of aryl methyl sites for hydroxylation is 1. The van der Waals surface area contributed by atoms with Crippen LogP contribution in [0.3, 0.4) is 0 Å². The molecule has 0 saturated carbocycles. The molecule has 0 aliphatic carbocycles. The summed E-state index contributed by atoms with van der Waals surface area (Å²) in [5, 5.41) is 0.795. The van der Waals surface area contributed by atoms with Gasteiger partial charge in [-0.1, -0.05) is 18.2 Å². The predicted molar refractivity (Wildman–Crippen MR) is 108 cm³/mol. The van der Waals surface area contributed by atoms with Crippen molar-refractivity contribution in [2.75, 3.05) is 18.6 Å². The maximum Gasteiger partial charge on any atom is 0.264 e. The van der Waals surface area contributed by atoms with Crippen LogP contribution in [0.25, 0.3) is 10.6 Å². The van der Waals surface area contributed by atoms with Crippen LogP contribution in [0.5, 0.6) is 5.75 Å². The first-order chi connectivity index (χ1) is 13.0. The Labute approximate surface area is 162 Å². The number of para-hydroxylation sites is 1. The highest BCUT2D eigenvalue weighted by Crippen LogP contribution is 2.29. The van der Waals surface area contributed by atoms with Crippen LogP contribution in [0.2, 0.25) is 0 Å². The number of amides is 1. The van der Waals surface area contributed by atoms with Gasteiger partial charge in [0, 0.05) is 25.2 Å². The van der Waals surface area contributed by atoms with Crippen LogP contribution >= 0.6 is 11.3 Å². The van der Waals surface area contributed by atoms with Crippen LogP contribution < -0.4 is 9.64 Å². The van der Waals surface area contributed by atoms with E-state index in [1.54, 1.807) is 31.0 Å². The number of carbonyl (C=O) groups is 2. The van der Waals surface area contributed by atoms with Gasteiger partial charge in [0.2, 0.25) is 0 Å². The first-order valence-corrected chi connectivity index (χ1v) is 9.30. The fourth-order valence-electron chi connectivity index (χ4n) is 2.58. The maximum atomic E-state index is 12.3. The van der Waals surface area contributed by atoms with E-state index in [4.69, 9.17) is 4.74 Å². The summed E-state index contributed by atoms with van der Waals surface area (Å²) in [6.45, 7) is 3.34. The highest BCUT2D eigenvalue weighted by molar-refractivity contribution is 7.17. The molecule has 1 aromatic heterocycles. The Balaban J connectivity index is 1.63. The summed E-state index contributed by atoms with van der Waals surface area (Å²) >= 11 is 1.38. The summed E-state index contributed by atoms with van der Waals surface area (Å²) in [5.74, 6) is 0.498. The first-order valence-electron chi connectivity index (χ1n) is 8.49. The van der Waals surface area contributed by atoms with Crippen molar-refractivity contribution in [1.82, 2.24) is 4.98 Å². The number of hydrogen-bond donors (Lipinski definition) is 0. The number of ketones is 1. The molecule has 6 heteroatoms. The number of anilines is 1. The van der Waals surface area contributed by atoms with Crippen molar-refractivity contribution in [2.24, 2.45) is 0 Å². The number of benzene rings is 2. The number of carbonyl (C=O) groups excluding carboxylic acids is 2. The van der Waals surface area contributed by atoms with E-state index in [1.807, 2.05) is 49.4 Å². The molecule has 5 nitrogen and oxygen atoms in total. The Bertz CT molecular complexity index is 949. The fraction of sp³-hybridized carbons (Fsp3) is 0.190. The Hall–Kier alpha value is -2.99. The van der Waals surface area contributed by atoms with Gasteiger partial charge < -0.3 is 9.64 Å². The first kappa shape index (κ1) is 18.8. The molecule has 3 rings (SSSR count). The summed E-state index contributed by atoms with van der Waals surface area (Å²) in [7, 11) is 1.72. The molecule has 1 amide bonds. The lowest BCUT2D eigenvalue weighted by molar-refractivity contribution is -0.120. The van der Waals surface area contributed by atoms with Gasteiger partial charge >= 0.3 is 0 Å². The van der Waals surface area contributed by atoms with E-state index in [0.29, 0.717) is 10.6 Å². The van der Waals surface area contributed by atoms with Crippen molar-refractivity contribution < 1.29 is 14.3 Å². The van der Waals surface area contributed by atoms with E-state index >= 15 is 0 Å². The molecule has 0 N–H and O–H groups in total. The molecule has 0 spiro atoms. The van der Waals surface area contributed by atoms with Gasteiger partial charge in [-0.05, 0) is 43.3 Å². The number of rotatable bonds is 6. The number of thiazole rings is 1. The van der Waals surface area contributed by atoms with Gasteiger partial charge in [-0.25, -0.2) is 4.98 Å². The zero-order valence-corrected chi connectivity index (χ0v) is 16.2. The van der Waals surface area contributed by atoms with Crippen molar-refractivity contribution in [1.29, 1.82) is 0 Å². The minimum atomic E-state index is -0.132. The largest absolute Gasteiger partial charge is 0.484 e. The summed E-state index contributed by atoms with van der Waals surface area (Å²) in [5.41, 5.74) is 2.48. The molecule has 3 aromatic rings. The molecule has 138 valence electrons. The number of nitrogens with zero attached hydrogens (tertiary/aromatic N) is 2. The predicted octanol–water partition coefficient (Wildman–Crippen LogP) is 4.36. The van der Waals surface area contributed by atoms with Gasteiger partial charge in [0.05, 0.1) is 10.6 Å². The van der Waals surface area contributed by atoms with E-state index in [9.17, 15) is 9.59 Å². The third-order valence-corrected chi connectivity index (χ3v) is 5.40. The minimum Gasteiger partial charge on any atom is -0.484 e. The molecule has 0 aliphatic rings. The van der Waals surface area contributed by atoms with Gasteiger partial charge in [0.15, 0.2) is 12.4 Å². The molecule has 0 aliphatic heterocycles. The summed E-state index contributed by atoms with van der Waals surface area (Å²) in [4.78, 5) is 30.6. The molecule has 0 unspecified atom stereocenters. The van der Waals surface area contributed by atoms with Crippen LogP contribution in [0.4, 0.5) is 5.69 Å². The van der Waals surface area contributed by atoms with Gasteiger partial charge in [0.1, 0.15) is 10.8 Å². The molecule has 0 atom stereocenters. The number of Topliss-reactive ketones (excluding diaryl/α,β-unsaturated/α-hetero) is 1. The second-order valence-electron chi connectivity index (χ2n) is 6.09. The molecule has 2 aromatic carbocycles. The van der Waals surface area contributed by atoms with Crippen molar-refractivity contribution in [3.63, 3.8) is 0 Å². The summed E-state index contributed by atoms with van der Waals surface area (Å²) < 4.78 is 5.61. The standard InChI is InChI=1S/C21H20N2O3S/c1-14-20(15(2)24)27-21(22-14)16-9-11-18(12-10-16)26-13-19(25)23(3)17-7-5-4-6-8-17/h4-12H,13H2,1-3H3. The Morgan fingerprint density at radius 2 is 1.74 bits per heavy atom. The quantitative estimate of drug-likeness (QED) is 0.596. The van der Waals surface area contributed by atoms with E-state index in [1.165, 1.54) is 11.3 Å². The Kier molecular flexibility index (Phi) is 5.66. The zero-order valence-electron chi connectivity index (χ0n) is 15.4. The second-order valence-corrected chi connectivity index (χ2v) is 7.09. The SMILES string of the molecule is CC(=O)c1sc(-c2ccc(OCC(=O)N(C)c3ccccc3)cc2)nc1C. The average molecular weight is 380 g/mol. The Morgan fingerprint density at radius 3 is 2.33 bits per heavy atom. The molecule has 0 radical (unpaired) electrons. The van der Waals surface area contributed by atoms with Gasteiger partial charge in [0.25, 0.3) is 5.91 Å². The van der Waals surface area contributed by atoms with E-state index < -0.39 is 0 Å². The third kappa shape index (κ3) is 4.41. The number of hydrogen-bond acceptors (Lipinski definition) is 5. The topological polar surface area (TPSA) is 59.5 Å². The van der Waals surface area contributed by atoms with Crippen molar-refractivity contribution >= 4 is 28.7 Å². The third-order valence-electron chi connectivity index (χ3n) is 4.10. The number of likely N-dealkylation sites (N-methyl/N-ethyl adjacent to an activating group) is 1. The van der Waals surface area contributed by atoms with Crippen LogP contribution in [0, 0.1) is 6.92 Å². The lowest BCUT2D eigenvalue weighted by atomic mass is 10.2. The van der Waals surface area contributed by atoms with Crippen LogP contribution in [0.15, 0.2) is 54.6 Å². The van der Waals surface area contributed by atoms with Crippen molar-refractivity contribution in [2.45, 2.75) is 13.8 Å². The number of aromatic nitrogens is 1. The van der Waals surface area contributed by atoms with Crippen molar-refractivity contribution in [3.05, 3.63) is 65.2 Å². The van der Waals surface area contributed by atoms with Crippen LogP contribution in [-0.2, 0) is 4.79 Å². The van der Waals surface area contributed by atoms with Crippen LogP contribution in [-0.4, -0.2) is 30.3 Å². The molecule has 0 bridgehead atoms.